The number of aromatic amines is 1. The summed E-state index contributed by atoms with van der Waals surface area (Å²) in [5, 5.41) is 25.4. The molecule has 0 bridgehead atoms. The zero-order chi connectivity index (χ0) is 53.3. The van der Waals surface area contributed by atoms with E-state index in [-0.39, 0.29) is 0 Å². The molecule has 0 atom stereocenters. The molecule has 1 fully saturated rings. The number of aromatic nitrogens is 2. The largest absolute Gasteiger partial charge is 0.508 e. The second-order valence-corrected chi connectivity index (χ2v) is 23.6. The average molecular weight is 953 g/mol. The summed E-state index contributed by atoms with van der Waals surface area (Å²) in [6.07, 6.45) is 20.9. The molecule has 1 saturated carbocycles. The fourth-order valence-corrected chi connectivity index (χ4v) is 5.76. The van der Waals surface area contributed by atoms with Crippen LogP contribution in [0.4, 0.5) is 0 Å². The molecule has 0 radical (unpaired) electrons. The summed E-state index contributed by atoms with van der Waals surface area (Å²) >= 11 is 0. The number of H-pyrrole nitrogens is 1. The Morgan fingerprint density at radius 2 is 0.940 bits per heavy atom. The zero-order valence-corrected chi connectivity index (χ0v) is 49.5. The van der Waals surface area contributed by atoms with Crippen LogP contribution in [0.1, 0.15) is 234 Å². The van der Waals surface area contributed by atoms with Crippen molar-refractivity contribution in [3.8, 4) is 5.75 Å². The van der Waals surface area contributed by atoms with E-state index >= 15 is 0 Å². The normalized spacial score (nSPS) is 12.0. The highest BCUT2D eigenvalue weighted by Gasteiger charge is 2.15. The number of hydrogen-bond donors (Lipinski definition) is 6. The molecule has 0 saturated heterocycles. The van der Waals surface area contributed by atoms with Gasteiger partial charge in [0.15, 0.2) is 0 Å². The molecular weight excluding hydrogens is 825 g/mol. The molecule has 7 nitrogen and oxygen atoms in total. The summed E-state index contributed by atoms with van der Waals surface area (Å²) in [6.45, 7) is 50.9. The third kappa shape index (κ3) is 84.4. The van der Waals surface area contributed by atoms with Gasteiger partial charge in [-0.05, 0) is 134 Å². The molecule has 2 aromatic rings. The Kier molecular flexibility index (Phi) is 62.8. The van der Waals surface area contributed by atoms with Crippen LogP contribution in [0.3, 0.4) is 0 Å². The minimum Gasteiger partial charge on any atom is -0.508 e. The number of quaternary nitrogens is 1. The van der Waals surface area contributed by atoms with Gasteiger partial charge in [-0.3, -0.25) is 0 Å². The van der Waals surface area contributed by atoms with Crippen LogP contribution >= 0.6 is 0 Å². The van der Waals surface area contributed by atoms with Crippen molar-refractivity contribution < 1.29 is 21.1 Å². The number of hydrogen-bond acceptors (Lipinski definition) is 5. The van der Waals surface area contributed by atoms with Crippen molar-refractivity contribution in [2.75, 3.05) is 26.3 Å². The maximum atomic E-state index is 9.03. The van der Waals surface area contributed by atoms with E-state index in [1.165, 1.54) is 75.5 Å². The van der Waals surface area contributed by atoms with E-state index in [1.54, 1.807) is 18.5 Å². The second-order valence-electron chi connectivity index (χ2n) is 23.6. The van der Waals surface area contributed by atoms with Gasteiger partial charge in [0, 0.05) is 31.0 Å². The summed E-state index contributed by atoms with van der Waals surface area (Å²) in [7, 11) is 0. The summed E-state index contributed by atoms with van der Waals surface area (Å²) in [5.41, 5.74) is 11.4. The first-order valence-corrected chi connectivity index (χ1v) is 27.6. The van der Waals surface area contributed by atoms with Gasteiger partial charge < -0.3 is 31.8 Å². The summed E-state index contributed by atoms with van der Waals surface area (Å²) in [5.74, 6) is 9.94. The van der Waals surface area contributed by atoms with E-state index in [4.69, 9.17) is 21.1 Å². The Balaban J connectivity index is -0.000000159. The number of nitrogens with zero attached hydrogens (tertiary/aromatic N) is 1. The first-order valence-electron chi connectivity index (χ1n) is 27.6. The number of nitrogens with one attached hydrogen (secondary N) is 1. The van der Waals surface area contributed by atoms with Crippen LogP contribution in [0.2, 0.25) is 0 Å². The second kappa shape index (κ2) is 55.0. The smallest absolute Gasteiger partial charge is 0.115 e. The molecular formula is C60H127N4O3+. The number of aryl methyl sites for hydroxylation is 2. The monoisotopic (exact) mass is 952 g/mol. The third-order valence-electron chi connectivity index (χ3n) is 10.2. The first kappa shape index (κ1) is 76.6. The molecule has 0 unspecified atom stereocenters. The van der Waals surface area contributed by atoms with E-state index in [0.717, 1.165) is 85.6 Å². The molecule has 0 amide bonds. The molecule has 0 spiro atoms. The van der Waals surface area contributed by atoms with Crippen molar-refractivity contribution in [1.29, 1.82) is 0 Å². The van der Waals surface area contributed by atoms with Gasteiger partial charge in [-0.2, -0.15) is 0 Å². The molecule has 0 aliphatic heterocycles. The van der Waals surface area contributed by atoms with Crippen LogP contribution < -0.4 is 11.5 Å². The fraction of sp³-hybridized carbons (Fsp3) is 0.850. The Hall–Kier alpha value is -1.93. The molecule has 404 valence electrons. The van der Waals surface area contributed by atoms with E-state index in [1.807, 2.05) is 32.2 Å². The van der Waals surface area contributed by atoms with Crippen LogP contribution in [0.5, 0.6) is 5.75 Å². The Morgan fingerprint density at radius 1 is 0.552 bits per heavy atom. The summed E-state index contributed by atoms with van der Waals surface area (Å²) in [6, 6.07) is 7.46. The number of benzene rings is 1. The number of rotatable bonds is 18. The zero-order valence-electron chi connectivity index (χ0n) is 49.5. The van der Waals surface area contributed by atoms with Gasteiger partial charge in [0.25, 0.3) is 0 Å². The van der Waals surface area contributed by atoms with Crippen LogP contribution in [0, 0.1) is 71.0 Å². The highest BCUT2D eigenvalue weighted by atomic mass is 16.3. The number of phenolic OH excluding ortho intramolecular Hbond substituents is 1. The highest BCUT2D eigenvalue weighted by Crippen LogP contribution is 2.29. The third-order valence-corrected chi connectivity index (χ3v) is 10.2. The number of aliphatic hydroxyl groups is 2. The summed E-state index contributed by atoms with van der Waals surface area (Å²) in [4.78, 5) is 7.03. The van der Waals surface area contributed by atoms with Crippen LogP contribution in [-0.4, -0.2) is 51.6 Å². The minimum absolute atomic E-state index is 0.306. The predicted octanol–water partition coefficient (Wildman–Crippen LogP) is 16.1. The van der Waals surface area contributed by atoms with Crippen LogP contribution in [0.15, 0.2) is 36.8 Å². The number of imidazole rings is 1. The van der Waals surface area contributed by atoms with E-state index in [2.05, 4.69) is 154 Å². The molecule has 1 heterocycles. The molecule has 1 aliphatic carbocycles. The van der Waals surface area contributed by atoms with Crippen molar-refractivity contribution in [2.24, 2.45) is 76.7 Å². The number of phenols is 1. The predicted molar refractivity (Wildman–Crippen MR) is 303 cm³/mol. The van der Waals surface area contributed by atoms with Gasteiger partial charge in [-0.1, -0.05) is 203 Å². The number of nitrogens with two attached hydrogens (primary N) is 1. The van der Waals surface area contributed by atoms with Crippen molar-refractivity contribution in [3.63, 3.8) is 0 Å². The van der Waals surface area contributed by atoms with Crippen molar-refractivity contribution >= 4 is 0 Å². The molecule has 9 N–H and O–H groups in total. The van der Waals surface area contributed by atoms with Crippen molar-refractivity contribution in [1.82, 2.24) is 9.97 Å². The van der Waals surface area contributed by atoms with Crippen LogP contribution in [0.25, 0.3) is 0 Å². The van der Waals surface area contributed by atoms with Gasteiger partial charge >= 0.3 is 0 Å². The highest BCUT2D eigenvalue weighted by molar-refractivity contribution is 5.25. The molecule has 1 aromatic carbocycles. The lowest BCUT2D eigenvalue weighted by atomic mass is 9.96. The van der Waals surface area contributed by atoms with E-state index in [0.29, 0.717) is 36.7 Å². The van der Waals surface area contributed by atoms with Gasteiger partial charge in [-0.25, -0.2) is 4.98 Å². The topological polar surface area (TPSA) is 143 Å². The van der Waals surface area contributed by atoms with Crippen molar-refractivity contribution in [3.05, 3.63) is 48.0 Å². The van der Waals surface area contributed by atoms with E-state index < -0.39 is 0 Å². The lowest BCUT2D eigenvalue weighted by molar-refractivity contribution is -0.376. The van der Waals surface area contributed by atoms with Crippen LogP contribution in [-0.2, 0) is 12.8 Å². The Morgan fingerprint density at radius 3 is 1.18 bits per heavy atom. The standard InChI is InChI=1S/C11H16O.C9H18.C8H14N2.C8H18.C7H16.C5H12O.2C4H11N.C4H10O/c1-9(2)3-4-10-5-7-11(12)8-6-10;1-8(2)7-9-5-3-4-6-9;1-7(2)3-4-8-5-9-6-10-8;1-7(2)5-6-8(3)4;1-6(2)5-7(3)4;1-5(2)3-4-6;3*1-4(2)3-5/h5-9,12H,3-4H2,1-2H3;8-9H,3-7H2,1-2H3;5-7H,3-4H2,1-2H3,(H,9,10);7-8H,5-6H2,1-4H3;6-7H,5H2,1-4H3;5-6H,3-4H2,1-2H3;2*4H,3,5H2,1-2H3;4-5H,3H2,1-2H3/p+1. The molecule has 67 heavy (non-hydrogen) atoms. The molecule has 1 aliphatic rings. The minimum atomic E-state index is 0.306. The van der Waals surface area contributed by atoms with Gasteiger partial charge in [0.1, 0.15) is 5.75 Å². The SMILES string of the molecule is CC(C)CC(C)C.CC(C)CC1CCCC1.CC(C)CCC(C)C.CC(C)CCO.CC(C)CCc1ccc(O)cc1.CC(C)CCc1cnc[nH]1.CC(C)CN.CC(C)CO.CC(C)C[NH3+]. The maximum Gasteiger partial charge on any atom is 0.115 e. The van der Waals surface area contributed by atoms with Crippen molar-refractivity contribution in [2.45, 2.75) is 236 Å². The molecule has 3 rings (SSSR count). The van der Waals surface area contributed by atoms with Gasteiger partial charge in [0.05, 0.1) is 12.9 Å². The Labute approximate surface area is 422 Å². The fourth-order valence-electron chi connectivity index (χ4n) is 5.76. The molecule has 7 heteroatoms. The molecule has 1 aromatic heterocycles. The van der Waals surface area contributed by atoms with Gasteiger partial charge in [-0.15, -0.1) is 0 Å². The van der Waals surface area contributed by atoms with E-state index in [9.17, 15) is 0 Å². The average Bonchev–Trinajstić information content (AvgIpc) is 3.95. The maximum absolute atomic E-state index is 9.03. The lowest BCUT2D eigenvalue weighted by Gasteiger charge is -2.10. The first-order chi connectivity index (χ1) is 31.1. The number of aliphatic hydroxyl groups excluding tert-OH is 2. The van der Waals surface area contributed by atoms with Gasteiger partial charge in [0.2, 0.25) is 0 Å². The number of aromatic hydroxyl groups is 1. The summed E-state index contributed by atoms with van der Waals surface area (Å²) < 4.78 is 0. The Bertz CT molecular complexity index is 1100. The lowest BCUT2D eigenvalue weighted by Crippen LogP contribution is -2.52. The quantitative estimate of drug-likeness (QED) is 0.0882.